The summed E-state index contributed by atoms with van der Waals surface area (Å²) in [6.45, 7) is 8.73. The number of rotatable bonds is 8. The lowest BCUT2D eigenvalue weighted by atomic mass is 9.81. The molecule has 1 aromatic heterocycles. The first-order valence-electron chi connectivity index (χ1n) is 10.1. The molecule has 0 fully saturated rings. The first kappa shape index (κ1) is 21.1. The van der Waals surface area contributed by atoms with Crippen LogP contribution in [0.2, 0.25) is 0 Å². The average molecular weight is 372 g/mol. The van der Waals surface area contributed by atoms with Crippen LogP contribution < -0.4 is 16.0 Å². The molecule has 0 bridgehead atoms. The van der Waals surface area contributed by atoms with Crippen LogP contribution in [-0.4, -0.2) is 4.57 Å². The van der Waals surface area contributed by atoms with Crippen LogP contribution in [0.4, 0.5) is 0 Å². The standard InChI is InChI=1S/C22H33N3O2/c1-6-8-16-12-19-20(22(26)25(16)5)17(18(13-23)21(24)27-19)11-15(4)10-7-9-14(2)3/h12,14-15,17H,6-11,24H2,1-5H3. The summed E-state index contributed by atoms with van der Waals surface area (Å²) in [6.07, 6.45) is 5.91. The smallest absolute Gasteiger partial charge is 0.258 e. The zero-order valence-electron chi connectivity index (χ0n) is 17.3. The summed E-state index contributed by atoms with van der Waals surface area (Å²) in [5.74, 6) is 1.46. The van der Waals surface area contributed by atoms with Crippen LogP contribution in [0.5, 0.6) is 5.75 Å². The molecule has 2 N–H and O–H groups in total. The van der Waals surface area contributed by atoms with E-state index in [1.165, 1.54) is 6.42 Å². The van der Waals surface area contributed by atoms with Gasteiger partial charge in [0.25, 0.3) is 5.56 Å². The number of ether oxygens (including phenoxy) is 1. The normalized spacial score (nSPS) is 17.4. The van der Waals surface area contributed by atoms with E-state index < -0.39 is 0 Å². The number of nitriles is 1. The Labute approximate surface area is 162 Å². The Bertz CT molecular complexity index is 799. The number of fused-ring (bicyclic) bond motifs is 1. The molecular formula is C22H33N3O2. The summed E-state index contributed by atoms with van der Waals surface area (Å²) in [4.78, 5) is 13.1. The van der Waals surface area contributed by atoms with Crippen molar-refractivity contribution in [2.24, 2.45) is 24.6 Å². The highest BCUT2D eigenvalue weighted by molar-refractivity contribution is 5.49. The predicted molar refractivity (Wildman–Crippen MR) is 108 cm³/mol. The molecule has 0 aromatic carbocycles. The minimum absolute atomic E-state index is 0.0735. The number of nitrogens with two attached hydrogens (primary N) is 1. The third kappa shape index (κ3) is 4.74. The van der Waals surface area contributed by atoms with Crippen molar-refractivity contribution < 1.29 is 4.74 Å². The van der Waals surface area contributed by atoms with Gasteiger partial charge in [-0.25, -0.2) is 0 Å². The maximum absolute atomic E-state index is 13.1. The van der Waals surface area contributed by atoms with Gasteiger partial charge in [0.05, 0.1) is 11.1 Å². The number of hydrogen-bond donors (Lipinski definition) is 1. The largest absolute Gasteiger partial charge is 0.440 e. The Balaban J connectivity index is 2.37. The molecule has 1 aliphatic heterocycles. The van der Waals surface area contributed by atoms with Crippen LogP contribution in [0.15, 0.2) is 22.3 Å². The molecule has 5 nitrogen and oxygen atoms in total. The molecule has 2 atom stereocenters. The molecule has 0 spiro atoms. The van der Waals surface area contributed by atoms with Crippen molar-refractivity contribution in [2.45, 2.75) is 72.1 Å². The highest BCUT2D eigenvalue weighted by Gasteiger charge is 2.33. The zero-order chi connectivity index (χ0) is 20.1. The number of allylic oxidation sites excluding steroid dienone is 1. The van der Waals surface area contributed by atoms with E-state index in [1.54, 1.807) is 11.6 Å². The third-order valence-electron chi connectivity index (χ3n) is 5.45. The van der Waals surface area contributed by atoms with Gasteiger partial charge < -0.3 is 15.0 Å². The number of hydrogen-bond acceptors (Lipinski definition) is 4. The van der Waals surface area contributed by atoms with E-state index >= 15 is 0 Å². The lowest BCUT2D eigenvalue weighted by molar-refractivity contribution is 0.359. The van der Waals surface area contributed by atoms with Gasteiger partial charge in [-0.3, -0.25) is 4.79 Å². The second-order valence-corrected chi connectivity index (χ2v) is 8.24. The Hall–Kier alpha value is -2.22. The van der Waals surface area contributed by atoms with Gasteiger partial charge in [-0.2, -0.15) is 5.26 Å². The van der Waals surface area contributed by atoms with Crippen molar-refractivity contribution in [3.05, 3.63) is 39.1 Å². The van der Waals surface area contributed by atoms with E-state index in [9.17, 15) is 10.1 Å². The second-order valence-electron chi connectivity index (χ2n) is 8.24. The first-order valence-corrected chi connectivity index (χ1v) is 10.1. The molecule has 148 valence electrons. The molecule has 0 aliphatic carbocycles. The van der Waals surface area contributed by atoms with Gasteiger partial charge in [-0.05, 0) is 24.7 Å². The third-order valence-corrected chi connectivity index (χ3v) is 5.45. The fraction of sp³-hybridized carbons (Fsp3) is 0.636. The number of aryl methyl sites for hydroxylation is 1. The molecule has 5 heteroatoms. The predicted octanol–water partition coefficient (Wildman–Crippen LogP) is 4.36. The molecule has 1 aliphatic rings. The van der Waals surface area contributed by atoms with Gasteiger partial charge in [0.1, 0.15) is 11.8 Å². The Morgan fingerprint density at radius 2 is 2.04 bits per heavy atom. The first-order chi connectivity index (χ1) is 12.8. The summed E-state index contributed by atoms with van der Waals surface area (Å²) >= 11 is 0. The quantitative estimate of drug-likeness (QED) is 0.736. The van der Waals surface area contributed by atoms with Crippen LogP contribution in [-0.2, 0) is 13.5 Å². The van der Waals surface area contributed by atoms with Crippen LogP contribution in [0.1, 0.15) is 77.0 Å². The molecule has 2 heterocycles. The summed E-state index contributed by atoms with van der Waals surface area (Å²) in [6, 6.07) is 4.11. The molecule has 27 heavy (non-hydrogen) atoms. The average Bonchev–Trinajstić information content (AvgIpc) is 2.59. The van der Waals surface area contributed by atoms with Crippen molar-refractivity contribution in [3.8, 4) is 11.8 Å². The minimum Gasteiger partial charge on any atom is -0.440 e. The van der Waals surface area contributed by atoms with Gasteiger partial charge in [-0.15, -0.1) is 0 Å². The summed E-state index contributed by atoms with van der Waals surface area (Å²) < 4.78 is 7.40. The van der Waals surface area contributed by atoms with Crippen molar-refractivity contribution in [1.82, 2.24) is 4.57 Å². The summed E-state index contributed by atoms with van der Waals surface area (Å²) in [7, 11) is 1.80. The number of nitrogens with zero attached hydrogens (tertiary/aromatic N) is 2. The van der Waals surface area contributed by atoms with E-state index in [4.69, 9.17) is 10.5 Å². The molecule has 1 aromatic rings. The van der Waals surface area contributed by atoms with Crippen LogP contribution in [0, 0.1) is 23.2 Å². The van der Waals surface area contributed by atoms with E-state index in [0.29, 0.717) is 28.7 Å². The molecule has 2 rings (SSSR count). The minimum atomic E-state index is -0.290. The molecule has 0 amide bonds. The maximum atomic E-state index is 13.1. The Morgan fingerprint density at radius 1 is 1.33 bits per heavy atom. The Kier molecular flexibility index (Phi) is 7.12. The molecule has 2 unspecified atom stereocenters. The fourth-order valence-electron chi connectivity index (χ4n) is 3.90. The van der Waals surface area contributed by atoms with Crippen molar-refractivity contribution in [2.75, 3.05) is 0 Å². The lowest BCUT2D eigenvalue weighted by Gasteiger charge is -2.28. The summed E-state index contributed by atoms with van der Waals surface area (Å²) in [5, 5.41) is 9.64. The summed E-state index contributed by atoms with van der Waals surface area (Å²) in [5.41, 5.74) is 7.87. The maximum Gasteiger partial charge on any atom is 0.258 e. The number of aromatic nitrogens is 1. The van der Waals surface area contributed by atoms with Crippen molar-refractivity contribution in [3.63, 3.8) is 0 Å². The van der Waals surface area contributed by atoms with Gasteiger partial charge in [0, 0.05) is 24.7 Å². The molecule has 0 saturated heterocycles. The van der Waals surface area contributed by atoms with Crippen molar-refractivity contribution in [1.29, 1.82) is 5.26 Å². The number of pyridine rings is 1. The monoisotopic (exact) mass is 371 g/mol. The van der Waals surface area contributed by atoms with Crippen molar-refractivity contribution >= 4 is 0 Å². The fourth-order valence-corrected chi connectivity index (χ4v) is 3.90. The molecular weight excluding hydrogens is 338 g/mol. The SMILES string of the molecule is CCCc1cc2c(c(=O)n1C)C(CC(C)CCCC(C)C)C(C#N)=C(N)O2. The van der Waals surface area contributed by atoms with Gasteiger partial charge in [-0.1, -0.05) is 53.4 Å². The second kappa shape index (κ2) is 9.12. The Morgan fingerprint density at radius 3 is 2.63 bits per heavy atom. The topological polar surface area (TPSA) is 81.0 Å². The van der Waals surface area contributed by atoms with Gasteiger partial charge >= 0.3 is 0 Å². The van der Waals surface area contributed by atoms with Crippen LogP contribution in [0.25, 0.3) is 0 Å². The van der Waals surface area contributed by atoms with Gasteiger partial charge in [0.15, 0.2) is 0 Å². The molecule has 0 saturated carbocycles. The highest BCUT2D eigenvalue weighted by Crippen LogP contribution is 2.40. The van der Waals surface area contributed by atoms with Crippen LogP contribution >= 0.6 is 0 Å². The van der Waals surface area contributed by atoms with E-state index in [0.717, 1.165) is 37.8 Å². The van der Waals surface area contributed by atoms with E-state index in [2.05, 4.69) is 33.8 Å². The lowest BCUT2D eigenvalue weighted by Crippen LogP contribution is -2.32. The van der Waals surface area contributed by atoms with E-state index in [1.807, 2.05) is 6.07 Å². The van der Waals surface area contributed by atoms with Crippen LogP contribution in [0.3, 0.4) is 0 Å². The van der Waals surface area contributed by atoms with Gasteiger partial charge in [0.2, 0.25) is 5.88 Å². The zero-order valence-corrected chi connectivity index (χ0v) is 17.3. The molecule has 0 radical (unpaired) electrons. The van der Waals surface area contributed by atoms with E-state index in [-0.39, 0.29) is 17.4 Å². The highest BCUT2D eigenvalue weighted by atomic mass is 16.5.